The highest BCUT2D eigenvalue weighted by molar-refractivity contribution is 9.10. The Labute approximate surface area is 146 Å². The molecule has 0 unspecified atom stereocenters. The van der Waals surface area contributed by atoms with Crippen molar-refractivity contribution < 1.29 is 9.59 Å². The standard InChI is InChI=1S/C18H25BrN2O2/c1-17(2,3)16(23)20-14(15(22)21-18(4,5)6)11-12-7-9-13(19)10-8-12/h7-11H,1-6H3,(H,20,23)(H,21,22)/b14-11+. The first-order valence-electron chi connectivity index (χ1n) is 7.50. The van der Waals surface area contributed by atoms with Crippen LogP contribution in [-0.2, 0) is 9.59 Å². The number of halogens is 1. The van der Waals surface area contributed by atoms with Gasteiger partial charge in [0.15, 0.2) is 0 Å². The molecule has 0 atom stereocenters. The van der Waals surface area contributed by atoms with E-state index in [4.69, 9.17) is 0 Å². The number of nitrogens with one attached hydrogen (secondary N) is 2. The maximum absolute atomic E-state index is 12.5. The minimum Gasteiger partial charge on any atom is -0.346 e. The third-order valence-electron chi connectivity index (χ3n) is 2.84. The molecule has 0 aromatic heterocycles. The number of hydrogen-bond acceptors (Lipinski definition) is 2. The summed E-state index contributed by atoms with van der Waals surface area (Å²) >= 11 is 3.38. The lowest BCUT2D eigenvalue weighted by Crippen LogP contribution is -2.46. The van der Waals surface area contributed by atoms with E-state index in [-0.39, 0.29) is 23.1 Å². The topological polar surface area (TPSA) is 58.2 Å². The average molecular weight is 381 g/mol. The van der Waals surface area contributed by atoms with Crippen molar-refractivity contribution in [2.75, 3.05) is 0 Å². The van der Waals surface area contributed by atoms with Crippen molar-refractivity contribution in [3.8, 4) is 0 Å². The zero-order chi connectivity index (χ0) is 17.8. The largest absolute Gasteiger partial charge is 0.346 e. The van der Waals surface area contributed by atoms with Gasteiger partial charge in [0.2, 0.25) is 5.91 Å². The molecule has 23 heavy (non-hydrogen) atoms. The Balaban J connectivity index is 3.12. The fraction of sp³-hybridized carbons (Fsp3) is 0.444. The highest BCUT2D eigenvalue weighted by Crippen LogP contribution is 2.16. The van der Waals surface area contributed by atoms with Gasteiger partial charge in [-0.1, -0.05) is 48.8 Å². The van der Waals surface area contributed by atoms with Gasteiger partial charge in [0.25, 0.3) is 5.91 Å². The first kappa shape index (κ1) is 19.4. The molecule has 4 nitrogen and oxygen atoms in total. The summed E-state index contributed by atoms with van der Waals surface area (Å²) in [5.41, 5.74) is 0.104. The van der Waals surface area contributed by atoms with E-state index in [2.05, 4.69) is 26.6 Å². The molecule has 0 aliphatic carbocycles. The highest BCUT2D eigenvalue weighted by Gasteiger charge is 2.25. The van der Waals surface area contributed by atoms with Crippen LogP contribution in [-0.4, -0.2) is 17.4 Å². The Kier molecular flexibility index (Phi) is 6.17. The molecule has 1 rings (SSSR count). The van der Waals surface area contributed by atoms with Crippen molar-refractivity contribution in [2.45, 2.75) is 47.1 Å². The van der Waals surface area contributed by atoms with Gasteiger partial charge in [-0.15, -0.1) is 0 Å². The molecular weight excluding hydrogens is 356 g/mol. The summed E-state index contributed by atoms with van der Waals surface area (Å²) in [6.45, 7) is 11.1. The molecule has 1 aromatic rings. The summed E-state index contributed by atoms with van der Waals surface area (Å²) in [5, 5.41) is 5.62. The van der Waals surface area contributed by atoms with E-state index in [0.717, 1.165) is 10.0 Å². The number of amides is 2. The van der Waals surface area contributed by atoms with Crippen LogP contribution < -0.4 is 10.6 Å². The minimum atomic E-state index is -0.583. The Morgan fingerprint density at radius 2 is 1.52 bits per heavy atom. The molecule has 0 aliphatic heterocycles. The summed E-state index contributed by atoms with van der Waals surface area (Å²) in [5.74, 6) is -0.511. The molecule has 0 bridgehead atoms. The Hall–Kier alpha value is -1.62. The van der Waals surface area contributed by atoms with Gasteiger partial charge in [-0.3, -0.25) is 9.59 Å². The van der Waals surface area contributed by atoms with E-state index in [9.17, 15) is 9.59 Å². The monoisotopic (exact) mass is 380 g/mol. The summed E-state index contributed by atoms with van der Waals surface area (Å²) in [6.07, 6.45) is 1.68. The van der Waals surface area contributed by atoms with Crippen LogP contribution in [0.5, 0.6) is 0 Å². The fourth-order valence-electron chi connectivity index (χ4n) is 1.60. The van der Waals surface area contributed by atoms with Gasteiger partial charge in [-0.25, -0.2) is 0 Å². The van der Waals surface area contributed by atoms with Crippen LogP contribution in [0, 0.1) is 5.41 Å². The zero-order valence-electron chi connectivity index (χ0n) is 14.6. The third-order valence-corrected chi connectivity index (χ3v) is 3.37. The van der Waals surface area contributed by atoms with Gasteiger partial charge in [-0.2, -0.15) is 0 Å². The zero-order valence-corrected chi connectivity index (χ0v) is 16.2. The quantitative estimate of drug-likeness (QED) is 0.781. The van der Waals surface area contributed by atoms with Crippen molar-refractivity contribution in [1.29, 1.82) is 0 Å². The van der Waals surface area contributed by atoms with Crippen LogP contribution in [0.3, 0.4) is 0 Å². The van der Waals surface area contributed by atoms with Crippen LogP contribution in [0.15, 0.2) is 34.4 Å². The minimum absolute atomic E-state index is 0.204. The van der Waals surface area contributed by atoms with Crippen molar-refractivity contribution in [2.24, 2.45) is 5.41 Å². The molecule has 2 amide bonds. The first-order chi connectivity index (χ1) is 10.4. The molecule has 2 N–H and O–H groups in total. The lowest BCUT2D eigenvalue weighted by Gasteiger charge is -2.24. The van der Waals surface area contributed by atoms with Crippen molar-refractivity contribution >= 4 is 33.8 Å². The molecular formula is C18H25BrN2O2. The lowest BCUT2D eigenvalue weighted by molar-refractivity contribution is -0.129. The van der Waals surface area contributed by atoms with Gasteiger partial charge >= 0.3 is 0 Å². The molecule has 0 radical (unpaired) electrons. The molecule has 5 heteroatoms. The molecule has 0 fully saturated rings. The second-order valence-electron chi connectivity index (χ2n) is 7.52. The Bertz CT molecular complexity index is 605. The number of carbonyl (C=O) groups is 2. The van der Waals surface area contributed by atoms with E-state index in [1.807, 2.05) is 45.0 Å². The van der Waals surface area contributed by atoms with Crippen molar-refractivity contribution in [1.82, 2.24) is 10.6 Å². The number of carbonyl (C=O) groups excluding carboxylic acids is 2. The average Bonchev–Trinajstić information content (AvgIpc) is 2.37. The highest BCUT2D eigenvalue weighted by atomic mass is 79.9. The summed E-state index contributed by atoms with van der Waals surface area (Å²) < 4.78 is 0.953. The van der Waals surface area contributed by atoms with Crippen molar-refractivity contribution in [3.05, 3.63) is 40.0 Å². The number of hydrogen-bond donors (Lipinski definition) is 2. The lowest BCUT2D eigenvalue weighted by atomic mass is 9.95. The molecule has 1 aromatic carbocycles. The predicted molar refractivity (Wildman–Crippen MR) is 97.6 cm³/mol. The van der Waals surface area contributed by atoms with Crippen LogP contribution >= 0.6 is 15.9 Å². The van der Waals surface area contributed by atoms with E-state index in [1.165, 1.54) is 0 Å². The maximum atomic E-state index is 12.5. The predicted octanol–water partition coefficient (Wildman–Crippen LogP) is 3.87. The SMILES string of the molecule is CC(C)(C)NC(=O)/C(=C\c1ccc(Br)cc1)NC(=O)C(C)(C)C. The summed E-state index contributed by atoms with van der Waals surface area (Å²) in [6, 6.07) is 7.52. The van der Waals surface area contributed by atoms with E-state index < -0.39 is 5.41 Å². The van der Waals surface area contributed by atoms with Gasteiger partial charge in [0, 0.05) is 15.4 Å². The normalized spacial score (nSPS) is 12.7. The molecule has 0 saturated carbocycles. The number of rotatable bonds is 3. The van der Waals surface area contributed by atoms with Crippen LogP contribution in [0.25, 0.3) is 6.08 Å². The molecule has 126 valence electrons. The molecule has 0 spiro atoms. The van der Waals surface area contributed by atoms with E-state index in [1.54, 1.807) is 26.8 Å². The van der Waals surface area contributed by atoms with Crippen LogP contribution in [0.4, 0.5) is 0 Å². The van der Waals surface area contributed by atoms with Gasteiger partial charge in [0.1, 0.15) is 5.70 Å². The first-order valence-corrected chi connectivity index (χ1v) is 8.29. The van der Waals surface area contributed by atoms with E-state index >= 15 is 0 Å². The third kappa shape index (κ3) is 6.99. The molecule has 0 aliphatic rings. The Morgan fingerprint density at radius 1 is 1.00 bits per heavy atom. The molecule has 0 saturated heterocycles. The molecule has 0 heterocycles. The van der Waals surface area contributed by atoms with Gasteiger partial charge < -0.3 is 10.6 Å². The van der Waals surface area contributed by atoms with Gasteiger partial charge in [-0.05, 0) is 44.5 Å². The van der Waals surface area contributed by atoms with E-state index in [0.29, 0.717) is 0 Å². The van der Waals surface area contributed by atoms with Crippen LogP contribution in [0.2, 0.25) is 0 Å². The number of benzene rings is 1. The second kappa shape index (κ2) is 7.30. The smallest absolute Gasteiger partial charge is 0.268 e. The fourth-order valence-corrected chi connectivity index (χ4v) is 1.87. The summed E-state index contributed by atoms with van der Waals surface area (Å²) in [7, 11) is 0. The summed E-state index contributed by atoms with van der Waals surface area (Å²) in [4.78, 5) is 24.7. The Morgan fingerprint density at radius 3 is 1.96 bits per heavy atom. The van der Waals surface area contributed by atoms with Crippen molar-refractivity contribution in [3.63, 3.8) is 0 Å². The van der Waals surface area contributed by atoms with Crippen LogP contribution in [0.1, 0.15) is 47.1 Å². The van der Waals surface area contributed by atoms with Gasteiger partial charge in [0.05, 0.1) is 0 Å². The maximum Gasteiger partial charge on any atom is 0.268 e. The second-order valence-corrected chi connectivity index (χ2v) is 8.43.